The molecule has 0 amide bonds. The van der Waals surface area contributed by atoms with Gasteiger partial charge in [0.1, 0.15) is 17.0 Å². The Morgan fingerprint density at radius 3 is 2.28 bits per heavy atom. The number of furan rings is 1. The maximum atomic E-state index is 6.57. The molecule has 0 aliphatic rings. The average molecular weight is 733 g/mol. The number of rotatable bonds is 5. The van der Waals surface area contributed by atoms with Gasteiger partial charge in [0, 0.05) is 33.7 Å². The summed E-state index contributed by atoms with van der Waals surface area (Å²) in [6.07, 6.45) is 1.85. The fourth-order valence-corrected chi connectivity index (χ4v) is 5.57. The summed E-state index contributed by atoms with van der Waals surface area (Å²) in [5.74, 6) is 0.783. The molecule has 0 aliphatic heterocycles. The van der Waals surface area contributed by atoms with Crippen molar-refractivity contribution in [3.8, 4) is 22.5 Å². The molecule has 206 valence electrons. The van der Waals surface area contributed by atoms with Gasteiger partial charge < -0.3 is 14.3 Å². The van der Waals surface area contributed by atoms with Gasteiger partial charge in [0.25, 0.3) is 0 Å². The van der Waals surface area contributed by atoms with Crippen LogP contribution in [-0.2, 0) is 21.1 Å². The SMILES string of the molecule is [Pt+2].[c-]1ccccc1-c1cccc(N(c2[c-]c(-c3nccc4c3oc3c5ccccc5ccc43)ccc2)c2ccccc2)n1. The van der Waals surface area contributed by atoms with Crippen molar-refractivity contribution >= 4 is 49.9 Å². The topological polar surface area (TPSA) is 42.2 Å². The zero-order valence-electron chi connectivity index (χ0n) is 22.8. The molecule has 5 aromatic carbocycles. The molecule has 5 heteroatoms. The van der Waals surface area contributed by atoms with E-state index in [1.165, 1.54) is 0 Å². The molecule has 8 rings (SSSR count). The molecule has 4 nitrogen and oxygen atoms in total. The van der Waals surface area contributed by atoms with Gasteiger partial charge in [0.15, 0.2) is 0 Å². The molecule has 0 unspecified atom stereocenters. The molecule has 0 saturated carbocycles. The third-order valence-corrected chi connectivity index (χ3v) is 7.52. The third-order valence-electron chi connectivity index (χ3n) is 7.52. The Bertz CT molecular complexity index is 2210. The van der Waals surface area contributed by atoms with Gasteiger partial charge in [0.2, 0.25) is 0 Å². The van der Waals surface area contributed by atoms with Crippen LogP contribution in [0.15, 0.2) is 144 Å². The molecule has 0 atom stereocenters. The Balaban J connectivity index is 0.00000300. The predicted molar refractivity (Wildman–Crippen MR) is 170 cm³/mol. The molecule has 8 aromatic rings. The van der Waals surface area contributed by atoms with Crippen molar-refractivity contribution in [1.29, 1.82) is 0 Å². The monoisotopic (exact) mass is 732 g/mol. The Hall–Kier alpha value is -5.05. The summed E-state index contributed by atoms with van der Waals surface area (Å²) >= 11 is 0. The smallest absolute Gasteiger partial charge is 0.463 e. The van der Waals surface area contributed by atoms with Crippen LogP contribution in [0.4, 0.5) is 17.2 Å². The molecule has 0 bridgehead atoms. The fourth-order valence-electron chi connectivity index (χ4n) is 5.57. The van der Waals surface area contributed by atoms with Crippen molar-refractivity contribution in [3.05, 3.63) is 152 Å². The van der Waals surface area contributed by atoms with Gasteiger partial charge in [-0.3, -0.25) is 4.98 Å². The summed E-state index contributed by atoms with van der Waals surface area (Å²) in [4.78, 5) is 11.9. The molecule has 0 radical (unpaired) electrons. The number of para-hydroxylation sites is 1. The number of hydrogen-bond acceptors (Lipinski definition) is 4. The molecule has 0 fully saturated rings. The van der Waals surface area contributed by atoms with Crippen LogP contribution in [0.3, 0.4) is 0 Å². The molecular weight excluding hydrogens is 710 g/mol. The second kappa shape index (κ2) is 11.3. The zero-order chi connectivity index (χ0) is 27.9. The zero-order valence-corrected chi connectivity index (χ0v) is 25.1. The number of aromatic nitrogens is 2. The van der Waals surface area contributed by atoms with E-state index in [-0.39, 0.29) is 21.1 Å². The van der Waals surface area contributed by atoms with Gasteiger partial charge in [-0.1, -0.05) is 60.7 Å². The number of nitrogens with zero attached hydrogens (tertiary/aromatic N) is 3. The number of pyridine rings is 2. The molecule has 0 aliphatic carbocycles. The van der Waals surface area contributed by atoms with Crippen molar-refractivity contribution in [3.63, 3.8) is 0 Å². The Morgan fingerprint density at radius 2 is 1.40 bits per heavy atom. The maximum Gasteiger partial charge on any atom is 2.00 e. The second-order valence-corrected chi connectivity index (χ2v) is 10.1. The number of anilines is 3. The van der Waals surface area contributed by atoms with E-state index in [1.54, 1.807) is 0 Å². The minimum atomic E-state index is 0. The first-order valence-corrected chi connectivity index (χ1v) is 13.8. The Kier molecular flexibility index (Phi) is 7.06. The minimum absolute atomic E-state index is 0. The van der Waals surface area contributed by atoms with Crippen molar-refractivity contribution < 1.29 is 25.5 Å². The number of hydrogen-bond donors (Lipinski definition) is 0. The fraction of sp³-hybridized carbons (Fsp3) is 0. The van der Waals surface area contributed by atoms with Crippen molar-refractivity contribution in [1.82, 2.24) is 9.97 Å². The maximum absolute atomic E-state index is 6.57. The van der Waals surface area contributed by atoms with Crippen LogP contribution in [-0.4, -0.2) is 9.97 Å². The molecule has 0 spiro atoms. The van der Waals surface area contributed by atoms with E-state index in [1.807, 2.05) is 103 Å². The second-order valence-electron chi connectivity index (χ2n) is 10.1. The van der Waals surface area contributed by atoms with Crippen LogP contribution >= 0.6 is 0 Å². The van der Waals surface area contributed by atoms with E-state index in [2.05, 4.69) is 53.4 Å². The Morgan fingerprint density at radius 1 is 0.605 bits per heavy atom. The van der Waals surface area contributed by atoms with Crippen molar-refractivity contribution in [2.45, 2.75) is 0 Å². The summed E-state index contributed by atoms with van der Waals surface area (Å²) in [7, 11) is 0. The Labute approximate surface area is 263 Å². The summed E-state index contributed by atoms with van der Waals surface area (Å²) < 4.78 is 6.57. The summed E-state index contributed by atoms with van der Waals surface area (Å²) in [6.45, 7) is 0. The van der Waals surface area contributed by atoms with Gasteiger partial charge in [-0.2, -0.15) is 0 Å². The van der Waals surface area contributed by atoms with E-state index in [0.29, 0.717) is 0 Å². The van der Waals surface area contributed by atoms with Gasteiger partial charge >= 0.3 is 21.1 Å². The van der Waals surface area contributed by atoms with E-state index in [4.69, 9.17) is 14.4 Å². The summed E-state index contributed by atoms with van der Waals surface area (Å²) in [6, 6.07) is 51.8. The van der Waals surface area contributed by atoms with Crippen LogP contribution in [0.5, 0.6) is 0 Å². The van der Waals surface area contributed by atoms with E-state index >= 15 is 0 Å². The van der Waals surface area contributed by atoms with Crippen LogP contribution in [0.2, 0.25) is 0 Å². The van der Waals surface area contributed by atoms with Gasteiger partial charge in [0.05, 0.1) is 0 Å². The predicted octanol–water partition coefficient (Wildman–Crippen LogP) is 9.93. The molecule has 3 heterocycles. The minimum Gasteiger partial charge on any atom is -0.463 e. The van der Waals surface area contributed by atoms with Gasteiger partial charge in [-0.25, -0.2) is 0 Å². The third kappa shape index (κ3) is 4.80. The van der Waals surface area contributed by atoms with Crippen LogP contribution < -0.4 is 4.90 Å². The van der Waals surface area contributed by atoms with E-state index in [9.17, 15) is 0 Å². The first kappa shape index (κ1) is 26.8. The first-order chi connectivity index (χ1) is 20.8. The average Bonchev–Trinajstić information content (AvgIpc) is 3.46. The van der Waals surface area contributed by atoms with Crippen LogP contribution in [0.1, 0.15) is 0 Å². The first-order valence-electron chi connectivity index (χ1n) is 13.8. The van der Waals surface area contributed by atoms with Gasteiger partial charge in [-0.05, 0) is 47.1 Å². The quantitative estimate of drug-likeness (QED) is 0.165. The molecule has 3 aromatic heterocycles. The van der Waals surface area contributed by atoms with Crippen LogP contribution in [0.25, 0.3) is 55.2 Å². The molecule has 0 saturated heterocycles. The number of benzene rings is 5. The number of fused-ring (bicyclic) bond motifs is 5. The molecule has 43 heavy (non-hydrogen) atoms. The van der Waals surface area contributed by atoms with Crippen molar-refractivity contribution in [2.24, 2.45) is 0 Å². The molecular formula is C38H23N3OPt. The van der Waals surface area contributed by atoms with Crippen molar-refractivity contribution in [2.75, 3.05) is 4.90 Å². The normalized spacial score (nSPS) is 11.1. The largest absolute Gasteiger partial charge is 2.00 e. The summed E-state index contributed by atoms with van der Waals surface area (Å²) in [5.41, 5.74) is 6.85. The van der Waals surface area contributed by atoms with Gasteiger partial charge in [-0.15, -0.1) is 65.7 Å². The van der Waals surface area contributed by atoms with E-state index < -0.39 is 0 Å². The van der Waals surface area contributed by atoms with Crippen LogP contribution in [0, 0.1) is 12.1 Å². The summed E-state index contributed by atoms with van der Waals surface area (Å²) in [5, 5.41) is 4.35. The van der Waals surface area contributed by atoms with E-state index in [0.717, 1.165) is 72.4 Å². The standard InChI is InChI=1S/C38H23N3O.Pt/c1-3-12-27(13-4-1)34-19-10-20-35(40-34)41(29-15-5-2-6-16-29)30-17-9-14-28(25-30)36-38-33(23-24-39-36)32-22-21-26-11-7-8-18-31(26)37(32)42-38;/h1-12,14-24H;/q-2;+2. The molecule has 0 N–H and O–H groups in total.